The molecule has 136 valence electrons. The fourth-order valence-electron chi connectivity index (χ4n) is 2.98. The number of pyridine rings is 1. The van der Waals surface area contributed by atoms with Crippen LogP contribution in [0.3, 0.4) is 0 Å². The van der Waals surface area contributed by atoms with Gasteiger partial charge in [-0.3, -0.25) is 0 Å². The first kappa shape index (κ1) is 18.7. The molecule has 3 aromatic rings. The molecule has 0 bridgehead atoms. The summed E-state index contributed by atoms with van der Waals surface area (Å²) in [6.07, 6.45) is -4.58. The average Bonchev–Trinajstić information content (AvgIpc) is 2.63. The van der Waals surface area contributed by atoms with E-state index >= 15 is 0 Å². The molecule has 0 amide bonds. The van der Waals surface area contributed by atoms with Gasteiger partial charge in [0.1, 0.15) is 17.5 Å². The van der Waals surface area contributed by atoms with Gasteiger partial charge >= 0.3 is 6.18 Å². The number of alkyl halides is 3. The lowest BCUT2D eigenvalue weighted by Gasteiger charge is -2.18. The van der Waals surface area contributed by atoms with Crippen molar-refractivity contribution in [3.63, 3.8) is 0 Å². The molecule has 0 fully saturated rings. The van der Waals surface area contributed by atoms with Crippen molar-refractivity contribution in [3.8, 4) is 28.5 Å². The van der Waals surface area contributed by atoms with Gasteiger partial charge in [0.25, 0.3) is 0 Å². The number of nitrogens with zero attached hydrogens (tertiary/aromatic N) is 2. The third-order valence-electron chi connectivity index (χ3n) is 4.20. The highest BCUT2D eigenvalue weighted by Gasteiger charge is 2.35. The lowest BCUT2D eigenvalue weighted by molar-refractivity contribution is -0.137. The summed E-state index contributed by atoms with van der Waals surface area (Å²) >= 11 is 5.90. The van der Waals surface area contributed by atoms with Crippen molar-refractivity contribution in [1.82, 2.24) is 4.98 Å². The van der Waals surface area contributed by atoms with Gasteiger partial charge in [0.2, 0.25) is 0 Å². The molecule has 0 aliphatic carbocycles. The van der Waals surface area contributed by atoms with E-state index in [0.717, 1.165) is 6.07 Å². The highest BCUT2D eigenvalue weighted by atomic mass is 35.5. The zero-order valence-corrected chi connectivity index (χ0v) is 14.9. The molecule has 3 rings (SSSR count). The smallest absolute Gasteiger partial charge is 0.383 e. The first-order chi connectivity index (χ1) is 12.7. The number of anilines is 1. The molecule has 0 spiro atoms. The number of hydrogen-bond acceptors (Lipinski definition) is 3. The van der Waals surface area contributed by atoms with Crippen LogP contribution in [0.2, 0.25) is 5.02 Å². The molecule has 0 aliphatic heterocycles. The molecule has 1 aromatic heterocycles. The largest absolute Gasteiger partial charge is 0.417 e. The Hall–Kier alpha value is -3.04. The Bertz CT molecular complexity index is 1050. The zero-order chi connectivity index (χ0) is 19.8. The summed E-state index contributed by atoms with van der Waals surface area (Å²) in [5, 5.41) is 10.0. The van der Waals surface area contributed by atoms with Crippen molar-refractivity contribution >= 4 is 17.4 Å². The van der Waals surface area contributed by atoms with Gasteiger partial charge in [-0.25, -0.2) is 4.98 Å². The first-order valence-electron chi connectivity index (χ1n) is 7.86. The van der Waals surface area contributed by atoms with E-state index in [1.807, 2.05) is 6.07 Å². The van der Waals surface area contributed by atoms with Gasteiger partial charge in [-0.2, -0.15) is 18.4 Å². The van der Waals surface area contributed by atoms with Crippen LogP contribution in [0, 0.1) is 18.3 Å². The normalized spacial score (nSPS) is 11.3. The molecular formula is C20H13ClF3N3. The fraction of sp³-hybridized carbons (Fsp3) is 0.100. The summed E-state index contributed by atoms with van der Waals surface area (Å²) in [7, 11) is 0. The van der Waals surface area contributed by atoms with Crippen LogP contribution in [0.15, 0.2) is 48.5 Å². The van der Waals surface area contributed by atoms with E-state index in [4.69, 9.17) is 17.3 Å². The lowest BCUT2D eigenvalue weighted by atomic mass is 9.90. The van der Waals surface area contributed by atoms with E-state index < -0.39 is 11.7 Å². The molecule has 0 saturated heterocycles. The van der Waals surface area contributed by atoms with Crippen molar-refractivity contribution in [1.29, 1.82) is 5.26 Å². The number of halogens is 4. The van der Waals surface area contributed by atoms with Crippen molar-refractivity contribution in [2.75, 3.05) is 5.73 Å². The second-order valence-electron chi connectivity index (χ2n) is 5.88. The molecule has 0 saturated carbocycles. The van der Waals surface area contributed by atoms with Gasteiger partial charge in [0.15, 0.2) is 0 Å². The Labute approximate surface area is 158 Å². The highest BCUT2D eigenvalue weighted by Crippen LogP contribution is 2.42. The van der Waals surface area contributed by atoms with E-state index in [1.165, 1.54) is 18.2 Å². The number of aromatic nitrogens is 1. The van der Waals surface area contributed by atoms with E-state index in [9.17, 15) is 18.4 Å². The summed E-state index contributed by atoms with van der Waals surface area (Å²) in [5.74, 6) is -0.125. The Morgan fingerprint density at radius 2 is 1.70 bits per heavy atom. The molecule has 27 heavy (non-hydrogen) atoms. The van der Waals surface area contributed by atoms with Crippen LogP contribution >= 0.6 is 11.6 Å². The zero-order valence-electron chi connectivity index (χ0n) is 14.1. The Morgan fingerprint density at radius 1 is 1.07 bits per heavy atom. The molecule has 2 N–H and O–H groups in total. The Balaban J connectivity index is 2.38. The van der Waals surface area contributed by atoms with Crippen molar-refractivity contribution in [2.24, 2.45) is 0 Å². The number of nitrogens with two attached hydrogens (primary N) is 1. The van der Waals surface area contributed by atoms with E-state index in [-0.39, 0.29) is 22.5 Å². The maximum Gasteiger partial charge on any atom is 0.417 e. The van der Waals surface area contributed by atoms with Gasteiger partial charge in [-0.15, -0.1) is 0 Å². The molecule has 1 heterocycles. The molecule has 0 unspecified atom stereocenters. The summed E-state index contributed by atoms with van der Waals surface area (Å²) in [5.41, 5.74) is 6.49. The standard InChI is InChI=1S/C20H13ClF3N3/c1-11-17(14-4-2-3-5-16(14)20(22,23)24)15(10-25)19(26)27-18(11)12-6-8-13(21)9-7-12/h2-9H,1H3,(H2,26,27). The van der Waals surface area contributed by atoms with Crippen LogP contribution in [-0.2, 0) is 6.18 Å². The molecule has 7 heteroatoms. The summed E-state index contributed by atoms with van der Waals surface area (Å²) < 4.78 is 40.6. The molecule has 0 radical (unpaired) electrons. The molecule has 0 atom stereocenters. The van der Waals surface area contributed by atoms with Crippen LogP contribution in [0.4, 0.5) is 19.0 Å². The van der Waals surface area contributed by atoms with E-state index in [2.05, 4.69) is 4.98 Å². The third kappa shape index (κ3) is 3.46. The maximum absolute atomic E-state index is 13.5. The van der Waals surface area contributed by atoms with Gasteiger partial charge < -0.3 is 5.73 Å². The summed E-state index contributed by atoms with van der Waals surface area (Å²) in [4.78, 5) is 4.25. The Kier molecular flexibility index (Phi) is 4.81. The lowest BCUT2D eigenvalue weighted by Crippen LogP contribution is -2.10. The first-order valence-corrected chi connectivity index (χ1v) is 8.24. The molecular weight excluding hydrogens is 375 g/mol. The number of hydrogen-bond donors (Lipinski definition) is 1. The van der Waals surface area contributed by atoms with Crippen LogP contribution in [-0.4, -0.2) is 4.98 Å². The topological polar surface area (TPSA) is 62.7 Å². The number of benzene rings is 2. The highest BCUT2D eigenvalue weighted by molar-refractivity contribution is 6.30. The van der Waals surface area contributed by atoms with Gasteiger partial charge in [0.05, 0.1) is 11.3 Å². The van der Waals surface area contributed by atoms with Crippen molar-refractivity contribution < 1.29 is 13.2 Å². The average molecular weight is 388 g/mol. The predicted molar refractivity (Wildman–Crippen MR) is 99.0 cm³/mol. The van der Waals surface area contributed by atoms with Crippen LogP contribution in [0.25, 0.3) is 22.4 Å². The van der Waals surface area contributed by atoms with Crippen LogP contribution in [0.1, 0.15) is 16.7 Å². The monoisotopic (exact) mass is 387 g/mol. The quantitative estimate of drug-likeness (QED) is 0.599. The molecule has 0 aliphatic rings. The molecule has 3 nitrogen and oxygen atoms in total. The second kappa shape index (κ2) is 6.93. The minimum atomic E-state index is -4.58. The predicted octanol–water partition coefficient (Wildman–Crippen LogP) is 5.85. The van der Waals surface area contributed by atoms with Crippen LogP contribution in [0.5, 0.6) is 0 Å². The van der Waals surface area contributed by atoms with Gasteiger partial charge in [-0.05, 0) is 36.2 Å². The van der Waals surface area contributed by atoms with Crippen molar-refractivity contribution in [2.45, 2.75) is 13.1 Å². The maximum atomic E-state index is 13.5. The number of nitriles is 1. The molecule has 2 aromatic carbocycles. The number of rotatable bonds is 2. The summed E-state index contributed by atoms with van der Waals surface area (Å²) in [6.45, 7) is 1.62. The minimum Gasteiger partial charge on any atom is -0.383 e. The fourth-order valence-corrected chi connectivity index (χ4v) is 3.11. The van der Waals surface area contributed by atoms with E-state index in [1.54, 1.807) is 31.2 Å². The second-order valence-corrected chi connectivity index (χ2v) is 6.32. The van der Waals surface area contributed by atoms with E-state index in [0.29, 0.717) is 21.8 Å². The Morgan fingerprint density at radius 3 is 2.30 bits per heavy atom. The third-order valence-corrected chi connectivity index (χ3v) is 4.45. The van der Waals surface area contributed by atoms with Gasteiger partial charge in [-0.1, -0.05) is 41.9 Å². The minimum absolute atomic E-state index is 0.0816. The number of nitrogen functional groups attached to an aromatic ring is 1. The SMILES string of the molecule is Cc1c(-c2ccc(Cl)cc2)nc(N)c(C#N)c1-c1ccccc1C(F)(F)F. The van der Waals surface area contributed by atoms with Crippen molar-refractivity contribution in [3.05, 3.63) is 70.2 Å². The van der Waals surface area contributed by atoms with Crippen LogP contribution < -0.4 is 5.73 Å². The summed E-state index contributed by atoms with van der Waals surface area (Å²) in [6, 6.07) is 13.7. The van der Waals surface area contributed by atoms with Gasteiger partial charge in [0, 0.05) is 16.1 Å².